The van der Waals surface area contributed by atoms with Crippen molar-refractivity contribution in [3.05, 3.63) is 53.0 Å². The van der Waals surface area contributed by atoms with Crippen LogP contribution >= 0.6 is 0 Å². The second-order valence-electron chi connectivity index (χ2n) is 5.97. The van der Waals surface area contributed by atoms with E-state index in [9.17, 15) is 4.79 Å². The normalized spacial score (nSPS) is 17.5. The SMILES string of the molecule is COC(=O)c1cc(CN2CC(C)NCc3ccccc32)oc1C. The van der Waals surface area contributed by atoms with Gasteiger partial charge in [-0.3, -0.25) is 0 Å². The highest BCUT2D eigenvalue weighted by atomic mass is 16.5. The molecule has 1 unspecified atom stereocenters. The summed E-state index contributed by atoms with van der Waals surface area (Å²) in [6.45, 7) is 6.33. The summed E-state index contributed by atoms with van der Waals surface area (Å²) in [7, 11) is 1.38. The Morgan fingerprint density at radius 3 is 3.00 bits per heavy atom. The molecule has 0 amide bonds. The van der Waals surface area contributed by atoms with E-state index in [1.807, 2.05) is 0 Å². The van der Waals surface area contributed by atoms with Crippen molar-refractivity contribution in [3.8, 4) is 0 Å². The van der Waals surface area contributed by atoms with E-state index in [4.69, 9.17) is 9.15 Å². The predicted molar refractivity (Wildman–Crippen MR) is 88.6 cm³/mol. The number of esters is 1. The first-order valence-electron chi connectivity index (χ1n) is 7.82. The zero-order valence-corrected chi connectivity index (χ0v) is 13.8. The molecule has 1 aromatic heterocycles. The van der Waals surface area contributed by atoms with Gasteiger partial charge >= 0.3 is 5.97 Å². The maximum Gasteiger partial charge on any atom is 0.341 e. The number of nitrogens with one attached hydrogen (secondary N) is 1. The van der Waals surface area contributed by atoms with Gasteiger partial charge in [-0.1, -0.05) is 18.2 Å². The molecule has 0 bridgehead atoms. The Hall–Kier alpha value is -2.27. The first-order valence-corrected chi connectivity index (χ1v) is 7.82. The Morgan fingerprint density at radius 2 is 2.22 bits per heavy atom. The number of methoxy groups -OCH3 is 1. The number of fused-ring (bicyclic) bond motifs is 1. The molecule has 5 nitrogen and oxygen atoms in total. The summed E-state index contributed by atoms with van der Waals surface area (Å²) in [6.07, 6.45) is 0. The molecule has 0 saturated carbocycles. The van der Waals surface area contributed by atoms with Crippen LogP contribution in [0.5, 0.6) is 0 Å². The Labute approximate surface area is 136 Å². The Bertz CT molecular complexity index is 708. The number of anilines is 1. The summed E-state index contributed by atoms with van der Waals surface area (Å²) in [4.78, 5) is 14.0. The quantitative estimate of drug-likeness (QED) is 0.883. The third-order valence-electron chi connectivity index (χ3n) is 4.19. The van der Waals surface area contributed by atoms with E-state index in [1.165, 1.54) is 18.4 Å². The standard InChI is InChI=1S/C18H22N2O3/c1-12-10-20(17-7-5-4-6-14(17)9-19-12)11-15-8-16(13(2)23-15)18(21)22-3/h4-8,12,19H,9-11H2,1-3H3. The molecule has 2 aromatic rings. The van der Waals surface area contributed by atoms with Crippen LogP contribution in [-0.4, -0.2) is 25.7 Å². The van der Waals surface area contributed by atoms with Gasteiger partial charge in [-0.25, -0.2) is 4.79 Å². The molecule has 5 heteroatoms. The van der Waals surface area contributed by atoms with Crippen molar-refractivity contribution in [1.82, 2.24) is 5.32 Å². The molecular formula is C18H22N2O3. The van der Waals surface area contributed by atoms with Crippen molar-refractivity contribution >= 4 is 11.7 Å². The van der Waals surface area contributed by atoms with E-state index in [-0.39, 0.29) is 5.97 Å². The van der Waals surface area contributed by atoms with E-state index >= 15 is 0 Å². The molecule has 2 heterocycles. The molecule has 23 heavy (non-hydrogen) atoms. The minimum atomic E-state index is -0.358. The van der Waals surface area contributed by atoms with Crippen LogP contribution in [0.1, 0.15) is 34.4 Å². The van der Waals surface area contributed by atoms with Crippen LogP contribution < -0.4 is 10.2 Å². The predicted octanol–water partition coefficient (Wildman–Crippen LogP) is 2.87. The van der Waals surface area contributed by atoms with Gasteiger partial charge < -0.3 is 19.4 Å². The molecule has 1 N–H and O–H groups in total. The van der Waals surface area contributed by atoms with Gasteiger partial charge in [-0.2, -0.15) is 0 Å². The number of carbonyl (C=O) groups is 1. The van der Waals surface area contributed by atoms with Crippen molar-refractivity contribution in [2.24, 2.45) is 0 Å². The average Bonchev–Trinajstić information content (AvgIpc) is 2.84. The van der Waals surface area contributed by atoms with E-state index < -0.39 is 0 Å². The van der Waals surface area contributed by atoms with Crippen molar-refractivity contribution in [1.29, 1.82) is 0 Å². The van der Waals surface area contributed by atoms with Crippen LogP contribution in [0.15, 0.2) is 34.7 Å². The maximum atomic E-state index is 11.7. The molecule has 0 fully saturated rings. The Kier molecular flexibility index (Phi) is 4.39. The van der Waals surface area contributed by atoms with Crippen LogP contribution in [0, 0.1) is 6.92 Å². The summed E-state index contributed by atoms with van der Waals surface area (Å²) in [5.74, 6) is 1.01. The summed E-state index contributed by atoms with van der Waals surface area (Å²) >= 11 is 0. The second kappa shape index (κ2) is 6.46. The van der Waals surface area contributed by atoms with Gasteiger partial charge in [0.25, 0.3) is 0 Å². The number of furan rings is 1. The maximum absolute atomic E-state index is 11.7. The van der Waals surface area contributed by atoms with Gasteiger partial charge in [0.2, 0.25) is 0 Å². The summed E-state index contributed by atoms with van der Waals surface area (Å²) < 4.78 is 10.6. The first-order chi connectivity index (χ1) is 11.1. The molecule has 0 radical (unpaired) electrons. The summed E-state index contributed by atoms with van der Waals surface area (Å²) in [5.41, 5.74) is 2.98. The summed E-state index contributed by atoms with van der Waals surface area (Å²) in [6, 6.07) is 10.5. The number of hydrogen-bond acceptors (Lipinski definition) is 5. The largest absolute Gasteiger partial charge is 0.465 e. The molecule has 0 aliphatic carbocycles. The number of aryl methyl sites for hydroxylation is 1. The highest BCUT2D eigenvalue weighted by Gasteiger charge is 2.22. The summed E-state index contributed by atoms with van der Waals surface area (Å²) in [5, 5.41) is 3.51. The van der Waals surface area contributed by atoms with Gasteiger partial charge in [-0.15, -0.1) is 0 Å². The fourth-order valence-electron chi connectivity index (χ4n) is 3.02. The van der Waals surface area contributed by atoms with Crippen molar-refractivity contribution in [2.45, 2.75) is 33.0 Å². The molecule has 3 rings (SSSR count). The van der Waals surface area contributed by atoms with Crippen LogP contribution in [0.3, 0.4) is 0 Å². The minimum Gasteiger partial charge on any atom is -0.465 e. The molecule has 1 aliphatic rings. The van der Waals surface area contributed by atoms with E-state index in [0.29, 0.717) is 23.9 Å². The van der Waals surface area contributed by atoms with Gasteiger partial charge in [0.05, 0.1) is 13.7 Å². The molecule has 0 saturated heterocycles. The van der Waals surface area contributed by atoms with Gasteiger partial charge in [0, 0.05) is 24.8 Å². The van der Waals surface area contributed by atoms with E-state index in [0.717, 1.165) is 18.8 Å². The molecule has 0 spiro atoms. The van der Waals surface area contributed by atoms with Crippen LogP contribution in [-0.2, 0) is 17.8 Å². The lowest BCUT2D eigenvalue weighted by atomic mass is 10.1. The highest BCUT2D eigenvalue weighted by Crippen LogP contribution is 2.26. The van der Waals surface area contributed by atoms with Crippen LogP contribution in [0.25, 0.3) is 0 Å². The van der Waals surface area contributed by atoms with Gasteiger partial charge in [0.15, 0.2) is 0 Å². The molecule has 1 aliphatic heterocycles. The lowest BCUT2D eigenvalue weighted by Gasteiger charge is -2.25. The van der Waals surface area contributed by atoms with Gasteiger partial charge in [-0.05, 0) is 31.5 Å². The number of para-hydroxylation sites is 1. The molecule has 1 aromatic carbocycles. The van der Waals surface area contributed by atoms with Crippen LogP contribution in [0.2, 0.25) is 0 Å². The Morgan fingerprint density at radius 1 is 1.43 bits per heavy atom. The number of nitrogens with zero attached hydrogens (tertiary/aromatic N) is 1. The lowest BCUT2D eigenvalue weighted by molar-refractivity contribution is 0.0599. The third kappa shape index (κ3) is 3.24. The van der Waals surface area contributed by atoms with Crippen molar-refractivity contribution < 1.29 is 13.9 Å². The average molecular weight is 314 g/mol. The van der Waals surface area contributed by atoms with Crippen molar-refractivity contribution in [3.63, 3.8) is 0 Å². The number of carbonyl (C=O) groups excluding carboxylic acids is 1. The van der Waals surface area contributed by atoms with Gasteiger partial charge in [0.1, 0.15) is 17.1 Å². The monoisotopic (exact) mass is 314 g/mol. The molecule has 1 atom stereocenters. The van der Waals surface area contributed by atoms with E-state index in [2.05, 4.69) is 41.4 Å². The topological polar surface area (TPSA) is 54.7 Å². The fraction of sp³-hybridized carbons (Fsp3) is 0.389. The minimum absolute atomic E-state index is 0.358. The molecule has 122 valence electrons. The number of benzene rings is 1. The highest BCUT2D eigenvalue weighted by molar-refractivity contribution is 5.90. The van der Waals surface area contributed by atoms with Crippen LogP contribution in [0.4, 0.5) is 5.69 Å². The van der Waals surface area contributed by atoms with E-state index in [1.54, 1.807) is 13.0 Å². The number of rotatable bonds is 3. The zero-order chi connectivity index (χ0) is 16.4. The fourth-order valence-corrected chi connectivity index (χ4v) is 3.02. The number of ether oxygens (including phenoxy) is 1. The zero-order valence-electron chi connectivity index (χ0n) is 13.8. The smallest absolute Gasteiger partial charge is 0.341 e. The molecular weight excluding hydrogens is 292 g/mol. The Balaban J connectivity index is 1.88. The third-order valence-corrected chi connectivity index (χ3v) is 4.19. The number of hydrogen-bond donors (Lipinski definition) is 1. The van der Waals surface area contributed by atoms with Crippen molar-refractivity contribution in [2.75, 3.05) is 18.6 Å². The second-order valence-corrected chi connectivity index (χ2v) is 5.97. The lowest BCUT2D eigenvalue weighted by Crippen LogP contribution is -2.35. The first kappa shape index (κ1) is 15.6.